The van der Waals surface area contributed by atoms with Gasteiger partial charge in [-0.1, -0.05) is 0 Å². The Bertz CT molecular complexity index is 851. The lowest BCUT2D eigenvalue weighted by molar-refractivity contribution is 0.170. The first-order valence-corrected chi connectivity index (χ1v) is 8.60. The van der Waals surface area contributed by atoms with E-state index in [1.807, 2.05) is 41.8 Å². The van der Waals surface area contributed by atoms with Crippen LogP contribution in [-0.2, 0) is 0 Å². The number of nitrogens with zero attached hydrogens (tertiary/aromatic N) is 4. The highest BCUT2D eigenvalue weighted by Crippen LogP contribution is 2.25. The molecular weight excluding hydrogens is 316 g/mol. The monoisotopic (exact) mass is 338 g/mol. The molecule has 0 atom stereocenters. The molecule has 3 aromatic rings. The molecule has 0 aliphatic carbocycles. The van der Waals surface area contributed by atoms with Crippen molar-refractivity contribution < 1.29 is 9.47 Å². The molecule has 1 saturated heterocycles. The Morgan fingerprint density at radius 2 is 1.76 bits per heavy atom. The maximum absolute atomic E-state index is 6.12. The van der Waals surface area contributed by atoms with Crippen LogP contribution in [0.2, 0.25) is 0 Å². The Kier molecular flexibility index (Phi) is 4.17. The SMILES string of the molecule is COc1ccc(OC2CCN(c3cc(C)nc4ccnn34)CC2)cc1. The molecular formula is C19H22N4O2. The lowest BCUT2D eigenvalue weighted by atomic mass is 10.1. The smallest absolute Gasteiger partial charge is 0.157 e. The van der Waals surface area contributed by atoms with Gasteiger partial charge < -0.3 is 14.4 Å². The van der Waals surface area contributed by atoms with Gasteiger partial charge in [0.2, 0.25) is 0 Å². The van der Waals surface area contributed by atoms with Crippen molar-refractivity contribution in [2.45, 2.75) is 25.9 Å². The van der Waals surface area contributed by atoms with Crippen LogP contribution in [0, 0.1) is 6.92 Å². The Morgan fingerprint density at radius 1 is 1.04 bits per heavy atom. The third-order valence-electron chi connectivity index (χ3n) is 4.60. The zero-order valence-corrected chi connectivity index (χ0v) is 14.6. The first-order valence-electron chi connectivity index (χ1n) is 8.60. The van der Waals surface area contributed by atoms with E-state index in [1.165, 1.54) is 0 Å². The van der Waals surface area contributed by atoms with Crippen molar-refractivity contribution in [3.8, 4) is 11.5 Å². The van der Waals surface area contributed by atoms with Crippen LogP contribution in [0.15, 0.2) is 42.6 Å². The van der Waals surface area contributed by atoms with E-state index in [-0.39, 0.29) is 6.10 Å². The summed E-state index contributed by atoms with van der Waals surface area (Å²) in [5.74, 6) is 2.85. The number of rotatable bonds is 4. The second-order valence-corrected chi connectivity index (χ2v) is 6.34. The van der Waals surface area contributed by atoms with Gasteiger partial charge in [0.15, 0.2) is 5.65 Å². The average molecular weight is 338 g/mol. The Morgan fingerprint density at radius 3 is 2.48 bits per heavy atom. The molecule has 0 N–H and O–H groups in total. The molecule has 0 amide bonds. The number of piperidine rings is 1. The van der Waals surface area contributed by atoms with Crippen LogP contribution in [0.5, 0.6) is 11.5 Å². The van der Waals surface area contributed by atoms with Crippen LogP contribution in [0.4, 0.5) is 5.82 Å². The number of aryl methyl sites for hydroxylation is 1. The quantitative estimate of drug-likeness (QED) is 0.732. The van der Waals surface area contributed by atoms with Crippen molar-refractivity contribution in [3.05, 3.63) is 48.3 Å². The molecule has 25 heavy (non-hydrogen) atoms. The lowest BCUT2D eigenvalue weighted by Gasteiger charge is -2.33. The van der Waals surface area contributed by atoms with Crippen molar-refractivity contribution in [1.29, 1.82) is 0 Å². The summed E-state index contributed by atoms with van der Waals surface area (Å²) in [5, 5.41) is 4.41. The molecule has 130 valence electrons. The highest BCUT2D eigenvalue weighted by atomic mass is 16.5. The van der Waals surface area contributed by atoms with E-state index in [0.717, 1.165) is 54.6 Å². The zero-order valence-electron chi connectivity index (χ0n) is 14.6. The standard InChI is InChI=1S/C19H22N4O2/c1-14-13-19(23-18(21-14)7-10-20-23)22-11-8-17(9-12-22)25-16-5-3-15(24-2)4-6-16/h3-7,10,13,17H,8-9,11-12H2,1-2H3. The molecule has 6 nitrogen and oxygen atoms in total. The highest BCUT2D eigenvalue weighted by Gasteiger charge is 2.23. The van der Waals surface area contributed by atoms with E-state index in [1.54, 1.807) is 13.3 Å². The maximum Gasteiger partial charge on any atom is 0.157 e. The molecule has 6 heteroatoms. The topological polar surface area (TPSA) is 51.9 Å². The summed E-state index contributed by atoms with van der Waals surface area (Å²) in [4.78, 5) is 6.88. The molecule has 0 radical (unpaired) electrons. The van der Waals surface area contributed by atoms with Crippen LogP contribution >= 0.6 is 0 Å². The van der Waals surface area contributed by atoms with Gasteiger partial charge >= 0.3 is 0 Å². The summed E-state index contributed by atoms with van der Waals surface area (Å²) in [6.07, 6.45) is 4.00. The molecule has 4 rings (SSSR count). The number of aromatic nitrogens is 3. The van der Waals surface area contributed by atoms with Crippen LogP contribution in [0.1, 0.15) is 18.5 Å². The second kappa shape index (κ2) is 6.63. The van der Waals surface area contributed by atoms with Gasteiger partial charge in [0.1, 0.15) is 23.4 Å². The first kappa shape index (κ1) is 15.7. The number of methoxy groups -OCH3 is 1. The summed E-state index contributed by atoms with van der Waals surface area (Å²) < 4.78 is 13.2. The molecule has 2 aromatic heterocycles. The van der Waals surface area contributed by atoms with Crippen LogP contribution in [0.25, 0.3) is 5.65 Å². The summed E-state index contributed by atoms with van der Waals surface area (Å²) in [6, 6.07) is 11.8. The van der Waals surface area contributed by atoms with E-state index in [2.05, 4.69) is 21.0 Å². The Balaban J connectivity index is 1.43. The third-order valence-corrected chi connectivity index (χ3v) is 4.60. The van der Waals surface area contributed by atoms with Gasteiger partial charge in [0.05, 0.1) is 13.3 Å². The molecule has 1 aliphatic heterocycles. The van der Waals surface area contributed by atoms with E-state index in [0.29, 0.717) is 0 Å². The van der Waals surface area contributed by atoms with E-state index >= 15 is 0 Å². The fourth-order valence-electron chi connectivity index (χ4n) is 3.29. The maximum atomic E-state index is 6.12. The number of anilines is 1. The molecule has 1 fully saturated rings. The summed E-state index contributed by atoms with van der Waals surface area (Å²) >= 11 is 0. The molecule has 3 heterocycles. The molecule has 1 aromatic carbocycles. The van der Waals surface area contributed by atoms with Crippen molar-refractivity contribution in [3.63, 3.8) is 0 Å². The number of ether oxygens (including phenoxy) is 2. The van der Waals surface area contributed by atoms with Crippen LogP contribution in [-0.4, -0.2) is 40.9 Å². The number of fused-ring (bicyclic) bond motifs is 1. The summed E-state index contributed by atoms with van der Waals surface area (Å²) in [7, 11) is 1.67. The van der Waals surface area contributed by atoms with E-state index < -0.39 is 0 Å². The predicted molar refractivity (Wildman–Crippen MR) is 96.6 cm³/mol. The normalized spacial score (nSPS) is 15.5. The summed E-state index contributed by atoms with van der Waals surface area (Å²) in [6.45, 7) is 3.91. The van der Waals surface area contributed by atoms with Crippen molar-refractivity contribution >= 4 is 11.5 Å². The van der Waals surface area contributed by atoms with Crippen LogP contribution < -0.4 is 14.4 Å². The number of hydrogen-bond donors (Lipinski definition) is 0. The molecule has 0 saturated carbocycles. The summed E-state index contributed by atoms with van der Waals surface area (Å²) in [5.41, 5.74) is 1.91. The van der Waals surface area contributed by atoms with Crippen molar-refractivity contribution in [2.24, 2.45) is 0 Å². The minimum absolute atomic E-state index is 0.237. The minimum Gasteiger partial charge on any atom is -0.497 e. The van der Waals surface area contributed by atoms with Gasteiger partial charge in [-0.15, -0.1) is 0 Å². The molecule has 0 spiro atoms. The first-order chi connectivity index (χ1) is 12.2. The van der Waals surface area contributed by atoms with Gasteiger partial charge in [0.25, 0.3) is 0 Å². The fourth-order valence-corrected chi connectivity index (χ4v) is 3.29. The largest absolute Gasteiger partial charge is 0.497 e. The van der Waals surface area contributed by atoms with E-state index in [9.17, 15) is 0 Å². The number of hydrogen-bond acceptors (Lipinski definition) is 5. The van der Waals surface area contributed by atoms with Crippen molar-refractivity contribution in [1.82, 2.24) is 14.6 Å². The second-order valence-electron chi connectivity index (χ2n) is 6.34. The predicted octanol–water partition coefficient (Wildman–Crippen LogP) is 3.09. The van der Waals surface area contributed by atoms with Gasteiger partial charge in [-0.3, -0.25) is 0 Å². The third kappa shape index (κ3) is 3.24. The Hall–Kier alpha value is -2.76. The molecule has 0 unspecified atom stereocenters. The van der Waals surface area contributed by atoms with Gasteiger partial charge in [0, 0.05) is 43.8 Å². The molecule has 1 aliphatic rings. The van der Waals surface area contributed by atoms with Gasteiger partial charge in [-0.2, -0.15) is 9.61 Å². The fraction of sp³-hybridized carbons (Fsp3) is 0.368. The van der Waals surface area contributed by atoms with Gasteiger partial charge in [-0.25, -0.2) is 4.98 Å². The molecule has 0 bridgehead atoms. The Labute approximate surface area is 147 Å². The van der Waals surface area contributed by atoms with Gasteiger partial charge in [-0.05, 0) is 31.2 Å². The lowest BCUT2D eigenvalue weighted by Crippen LogP contribution is -2.39. The van der Waals surface area contributed by atoms with Crippen molar-refractivity contribution in [2.75, 3.05) is 25.1 Å². The number of benzene rings is 1. The van der Waals surface area contributed by atoms with Crippen LogP contribution in [0.3, 0.4) is 0 Å². The highest BCUT2D eigenvalue weighted by molar-refractivity contribution is 5.51. The minimum atomic E-state index is 0.237. The average Bonchev–Trinajstić information content (AvgIpc) is 3.11. The zero-order chi connectivity index (χ0) is 17.2. The van der Waals surface area contributed by atoms with E-state index in [4.69, 9.17) is 9.47 Å².